The molecule has 0 saturated heterocycles. The van der Waals surface area contributed by atoms with Crippen LogP contribution in [-0.4, -0.2) is 47.4 Å². The van der Waals surface area contributed by atoms with Crippen LogP contribution in [0.2, 0.25) is 0 Å². The van der Waals surface area contributed by atoms with Gasteiger partial charge in [-0.1, -0.05) is 0 Å². The van der Waals surface area contributed by atoms with Gasteiger partial charge in [0.25, 0.3) is 0 Å². The first-order valence-electron chi connectivity index (χ1n) is 7.91. The molecule has 0 aliphatic carbocycles. The highest BCUT2D eigenvalue weighted by Crippen LogP contribution is 2.24. The van der Waals surface area contributed by atoms with Gasteiger partial charge in [-0.25, -0.2) is 0 Å². The predicted octanol–water partition coefficient (Wildman–Crippen LogP) is 2.50. The number of ether oxygens (including phenoxy) is 1. The first kappa shape index (κ1) is 18.8. The fourth-order valence-corrected chi connectivity index (χ4v) is 2.90. The molecule has 1 rings (SSSR count). The lowest BCUT2D eigenvalue weighted by molar-refractivity contribution is -0.146. The fraction of sp³-hybridized carbons (Fsp3) is 0.765. The Bertz CT molecular complexity index is 428. The van der Waals surface area contributed by atoms with E-state index in [0.717, 1.165) is 12.0 Å². The number of aliphatic imine (C=N–C) groups is 1. The van der Waals surface area contributed by atoms with Gasteiger partial charge in [-0.2, -0.15) is 0 Å². The van der Waals surface area contributed by atoms with Crippen molar-refractivity contribution in [3.63, 3.8) is 0 Å². The zero-order valence-corrected chi connectivity index (χ0v) is 14.8. The van der Waals surface area contributed by atoms with Crippen LogP contribution in [-0.2, 0) is 9.53 Å². The Morgan fingerprint density at radius 3 is 2.36 bits per heavy atom. The van der Waals surface area contributed by atoms with Crippen LogP contribution < -0.4 is 5.73 Å². The molecule has 0 radical (unpaired) electrons. The molecule has 0 saturated carbocycles. The molecule has 2 N–H and O–H groups in total. The summed E-state index contributed by atoms with van der Waals surface area (Å²) in [5.74, 6) is -0.337. The van der Waals surface area contributed by atoms with Gasteiger partial charge in [-0.05, 0) is 53.5 Å². The van der Waals surface area contributed by atoms with E-state index in [1.165, 1.54) is 0 Å². The maximum atomic E-state index is 12.0. The zero-order valence-electron chi connectivity index (χ0n) is 14.8. The third kappa shape index (κ3) is 5.89. The van der Waals surface area contributed by atoms with Crippen molar-refractivity contribution < 1.29 is 9.53 Å². The Kier molecular flexibility index (Phi) is 6.32. The molecule has 1 atom stereocenters. The minimum Gasteiger partial charge on any atom is -0.463 e. The molecule has 1 heterocycles. The van der Waals surface area contributed by atoms with Crippen LogP contribution in [0.4, 0.5) is 0 Å². The molecule has 0 bridgehead atoms. The number of esters is 1. The van der Waals surface area contributed by atoms with Crippen LogP contribution in [0.3, 0.4) is 0 Å². The summed E-state index contributed by atoms with van der Waals surface area (Å²) in [5, 5.41) is 0. The number of carbonyl (C=O) groups excluding carboxylic acids is 1. The molecule has 0 amide bonds. The van der Waals surface area contributed by atoms with Crippen molar-refractivity contribution in [3.8, 4) is 0 Å². The van der Waals surface area contributed by atoms with Gasteiger partial charge < -0.3 is 10.5 Å². The number of rotatable bonds is 6. The summed E-state index contributed by atoms with van der Waals surface area (Å²) in [6.07, 6.45) is 4.88. The van der Waals surface area contributed by atoms with Gasteiger partial charge in [0, 0.05) is 36.5 Å². The average molecular weight is 309 g/mol. The van der Waals surface area contributed by atoms with Gasteiger partial charge >= 0.3 is 5.97 Å². The Hall–Kier alpha value is -1.20. The molecular weight excluding hydrogens is 278 g/mol. The first-order valence-corrected chi connectivity index (χ1v) is 7.91. The highest BCUT2D eigenvalue weighted by Gasteiger charge is 2.31. The fourth-order valence-electron chi connectivity index (χ4n) is 2.90. The molecule has 1 aliphatic rings. The van der Waals surface area contributed by atoms with Crippen molar-refractivity contribution in [2.24, 2.45) is 10.7 Å². The summed E-state index contributed by atoms with van der Waals surface area (Å²) in [6.45, 7) is 14.0. The van der Waals surface area contributed by atoms with Crippen LogP contribution in [0.25, 0.3) is 0 Å². The zero-order chi connectivity index (χ0) is 17.0. The minimum absolute atomic E-state index is 0.0127. The number of hydrogen-bond donors (Lipinski definition) is 1. The van der Waals surface area contributed by atoms with E-state index in [9.17, 15) is 4.79 Å². The molecule has 0 aromatic carbocycles. The molecule has 0 fully saturated rings. The Morgan fingerprint density at radius 2 is 1.91 bits per heavy atom. The smallest absolute Gasteiger partial charge is 0.323 e. The van der Waals surface area contributed by atoms with Crippen molar-refractivity contribution in [2.75, 3.05) is 13.2 Å². The number of nitrogens with two attached hydrogens (primary N) is 1. The Morgan fingerprint density at radius 1 is 1.32 bits per heavy atom. The highest BCUT2D eigenvalue weighted by atomic mass is 16.5. The van der Waals surface area contributed by atoms with Crippen molar-refractivity contribution in [1.29, 1.82) is 0 Å². The molecule has 5 heteroatoms. The van der Waals surface area contributed by atoms with E-state index in [1.807, 2.05) is 6.21 Å². The lowest BCUT2D eigenvalue weighted by Gasteiger charge is -2.45. The van der Waals surface area contributed by atoms with E-state index in [2.05, 4.69) is 51.4 Å². The molecule has 1 unspecified atom stereocenters. The van der Waals surface area contributed by atoms with Gasteiger partial charge in [-0.3, -0.25) is 14.7 Å². The second-order valence-electron chi connectivity index (χ2n) is 7.79. The average Bonchev–Trinajstić information content (AvgIpc) is 2.83. The van der Waals surface area contributed by atoms with E-state index in [-0.39, 0.29) is 17.0 Å². The number of hydrogen-bond acceptors (Lipinski definition) is 5. The van der Waals surface area contributed by atoms with Gasteiger partial charge in [0.1, 0.15) is 12.6 Å². The maximum Gasteiger partial charge on any atom is 0.323 e. The van der Waals surface area contributed by atoms with E-state index in [4.69, 9.17) is 10.5 Å². The maximum absolute atomic E-state index is 12.0. The summed E-state index contributed by atoms with van der Waals surface area (Å²) in [7, 11) is 0. The summed E-state index contributed by atoms with van der Waals surface area (Å²) in [5.41, 5.74) is 7.01. The summed E-state index contributed by atoms with van der Waals surface area (Å²) >= 11 is 0. The second kappa shape index (κ2) is 7.38. The van der Waals surface area contributed by atoms with Gasteiger partial charge in [-0.15, -0.1) is 0 Å². The van der Waals surface area contributed by atoms with Gasteiger partial charge in [0.05, 0.1) is 0 Å². The van der Waals surface area contributed by atoms with Crippen LogP contribution in [0, 0.1) is 0 Å². The van der Waals surface area contributed by atoms with Gasteiger partial charge in [0.15, 0.2) is 0 Å². The molecule has 22 heavy (non-hydrogen) atoms. The quantitative estimate of drug-likeness (QED) is 0.766. The van der Waals surface area contributed by atoms with Crippen molar-refractivity contribution >= 4 is 12.2 Å². The highest BCUT2D eigenvalue weighted by molar-refractivity contribution is 5.76. The van der Waals surface area contributed by atoms with Crippen LogP contribution >= 0.6 is 0 Å². The molecule has 0 spiro atoms. The first-order chi connectivity index (χ1) is 10.0. The number of nitrogens with zero attached hydrogens (tertiary/aromatic N) is 2. The van der Waals surface area contributed by atoms with Crippen molar-refractivity contribution in [1.82, 2.24) is 4.90 Å². The third-order valence-electron chi connectivity index (χ3n) is 3.68. The summed E-state index contributed by atoms with van der Waals surface area (Å²) < 4.78 is 5.36. The lowest BCUT2D eigenvalue weighted by atomic mass is 9.96. The third-order valence-corrected chi connectivity index (χ3v) is 3.68. The van der Waals surface area contributed by atoms with Crippen LogP contribution in [0.5, 0.6) is 0 Å². The molecular formula is C17H31N3O2. The van der Waals surface area contributed by atoms with Gasteiger partial charge in [0.2, 0.25) is 0 Å². The minimum atomic E-state index is -0.606. The van der Waals surface area contributed by atoms with E-state index >= 15 is 0 Å². The van der Waals surface area contributed by atoms with E-state index < -0.39 is 6.04 Å². The lowest BCUT2D eigenvalue weighted by Crippen LogP contribution is -2.54. The molecule has 1 aliphatic heterocycles. The molecule has 5 nitrogen and oxygen atoms in total. The largest absolute Gasteiger partial charge is 0.463 e. The molecule has 126 valence electrons. The number of carbonyl (C=O) groups is 1. The second-order valence-corrected chi connectivity index (χ2v) is 7.79. The van der Waals surface area contributed by atoms with Crippen LogP contribution in [0.15, 0.2) is 16.8 Å². The van der Waals surface area contributed by atoms with Crippen LogP contribution in [0.1, 0.15) is 54.4 Å². The summed E-state index contributed by atoms with van der Waals surface area (Å²) in [6, 6.07) is -0.606. The molecule has 0 aromatic heterocycles. The monoisotopic (exact) mass is 309 g/mol. The summed E-state index contributed by atoms with van der Waals surface area (Å²) in [4.78, 5) is 18.3. The van der Waals surface area contributed by atoms with Crippen molar-refractivity contribution in [2.45, 2.75) is 71.5 Å². The predicted molar refractivity (Wildman–Crippen MR) is 91.0 cm³/mol. The molecule has 0 aromatic rings. The normalized spacial score (nSPS) is 16.8. The van der Waals surface area contributed by atoms with Crippen molar-refractivity contribution in [3.05, 3.63) is 11.8 Å². The standard InChI is InChI=1S/C17H31N3O2/c1-16(2,3)20(17(4,5)6)9-10-22-15(21)14(18)11-13-7-8-19-12-13/h8,12,14H,7,9-11,18H2,1-6H3. The Balaban J connectivity index is 2.42. The van der Waals surface area contributed by atoms with E-state index in [0.29, 0.717) is 19.6 Å². The SMILES string of the molecule is CC(C)(C)N(CCOC(=O)C(N)CC1=CN=CC1)C(C)(C)C. The topological polar surface area (TPSA) is 67.9 Å². The Labute approximate surface area is 134 Å². The van der Waals surface area contributed by atoms with E-state index in [1.54, 1.807) is 6.20 Å².